The summed E-state index contributed by atoms with van der Waals surface area (Å²) in [6.45, 7) is 0.121. The standard InChI is InChI=1S/C18H15N3O4S/c1-21(9-14-19-12-6-7-26-15(12)16(22)20-14)17(23)13-8-10-4-2-3-5-11(10)18(24)25-13/h2-7,13H,8-9H2,1H3,(H,19,20,22). The van der Waals surface area contributed by atoms with Crippen molar-refractivity contribution in [3.05, 3.63) is 63.0 Å². The van der Waals surface area contributed by atoms with Crippen LogP contribution in [0.3, 0.4) is 0 Å². The minimum absolute atomic E-state index is 0.121. The number of aromatic amines is 1. The second-order valence-corrected chi connectivity index (χ2v) is 7.01. The van der Waals surface area contributed by atoms with E-state index in [2.05, 4.69) is 9.97 Å². The Morgan fingerprint density at radius 3 is 3.00 bits per heavy atom. The molecular weight excluding hydrogens is 354 g/mol. The van der Waals surface area contributed by atoms with Crippen LogP contribution in [0.25, 0.3) is 10.2 Å². The molecular formula is C18H15N3O4S. The third-order valence-electron chi connectivity index (χ3n) is 4.29. The van der Waals surface area contributed by atoms with Gasteiger partial charge in [0.1, 0.15) is 10.5 Å². The van der Waals surface area contributed by atoms with Crippen LogP contribution in [0.2, 0.25) is 0 Å². The number of ether oxygens (including phenoxy) is 1. The first kappa shape index (κ1) is 16.5. The van der Waals surface area contributed by atoms with Gasteiger partial charge in [0.25, 0.3) is 11.5 Å². The number of hydrogen-bond donors (Lipinski definition) is 1. The fourth-order valence-electron chi connectivity index (χ4n) is 3.01. The van der Waals surface area contributed by atoms with E-state index in [0.29, 0.717) is 28.0 Å². The molecule has 3 heterocycles. The minimum atomic E-state index is -0.876. The summed E-state index contributed by atoms with van der Waals surface area (Å²) in [5.41, 5.74) is 1.67. The van der Waals surface area contributed by atoms with Crippen LogP contribution in [-0.4, -0.2) is 39.9 Å². The van der Waals surface area contributed by atoms with Crippen LogP contribution < -0.4 is 5.56 Å². The van der Waals surface area contributed by atoms with Gasteiger partial charge in [0, 0.05) is 13.5 Å². The third-order valence-corrected chi connectivity index (χ3v) is 5.20. The van der Waals surface area contributed by atoms with Gasteiger partial charge in [-0.15, -0.1) is 11.3 Å². The normalized spacial score (nSPS) is 16.2. The van der Waals surface area contributed by atoms with Crippen molar-refractivity contribution < 1.29 is 14.3 Å². The lowest BCUT2D eigenvalue weighted by atomic mass is 9.98. The number of esters is 1. The molecule has 0 fully saturated rings. The van der Waals surface area contributed by atoms with E-state index in [1.807, 2.05) is 12.1 Å². The molecule has 26 heavy (non-hydrogen) atoms. The molecule has 0 aliphatic carbocycles. The van der Waals surface area contributed by atoms with E-state index in [1.165, 1.54) is 16.2 Å². The predicted octanol–water partition coefficient (Wildman–Crippen LogP) is 1.72. The molecule has 1 N–H and O–H groups in total. The molecule has 132 valence electrons. The maximum Gasteiger partial charge on any atom is 0.339 e. The molecule has 1 aliphatic heterocycles. The van der Waals surface area contributed by atoms with Crippen LogP contribution >= 0.6 is 11.3 Å². The number of rotatable bonds is 3. The average molecular weight is 369 g/mol. The molecule has 0 radical (unpaired) electrons. The summed E-state index contributed by atoms with van der Waals surface area (Å²) < 4.78 is 5.85. The second kappa shape index (κ2) is 6.38. The van der Waals surface area contributed by atoms with Crippen molar-refractivity contribution in [3.8, 4) is 0 Å². The third kappa shape index (κ3) is 2.88. The van der Waals surface area contributed by atoms with Crippen molar-refractivity contribution in [2.45, 2.75) is 19.1 Å². The number of hydrogen-bond acceptors (Lipinski definition) is 6. The van der Waals surface area contributed by atoms with Gasteiger partial charge in [0.15, 0.2) is 6.10 Å². The Kier molecular flexibility index (Phi) is 4.04. The SMILES string of the molecule is CN(Cc1nc2ccsc2c(=O)[nH]1)C(=O)C1Cc2ccccc2C(=O)O1. The molecule has 3 aromatic rings. The van der Waals surface area contributed by atoms with Crippen molar-refractivity contribution >= 4 is 33.4 Å². The number of amides is 1. The largest absolute Gasteiger partial charge is 0.448 e. The van der Waals surface area contributed by atoms with E-state index in [9.17, 15) is 14.4 Å². The topological polar surface area (TPSA) is 92.4 Å². The highest BCUT2D eigenvalue weighted by atomic mass is 32.1. The van der Waals surface area contributed by atoms with E-state index in [1.54, 1.807) is 30.6 Å². The summed E-state index contributed by atoms with van der Waals surface area (Å²) in [7, 11) is 1.59. The van der Waals surface area contributed by atoms with Crippen LogP contribution in [0.5, 0.6) is 0 Å². The molecule has 0 spiro atoms. The van der Waals surface area contributed by atoms with E-state index >= 15 is 0 Å². The monoisotopic (exact) mass is 369 g/mol. The summed E-state index contributed by atoms with van der Waals surface area (Å²) >= 11 is 1.32. The fraction of sp³-hybridized carbons (Fsp3) is 0.222. The van der Waals surface area contributed by atoms with Gasteiger partial charge < -0.3 is 14.6 Å². The van der Waals surface area contributed by atoms with Crippen molar-refractivity contribution in [1.29, 1.82) is 0 Å². The summed E-state index contributed by atoms with van der Waals surface area (Å²) in [5.74, 6) is -0.440. The first-order valence-corrected chi connectivity index (χ1v) is 8.91. The number of carbonyl (C=O) groups excluding carboxylic acids is 2. The lowest BCUT2D eigenvalue weighted by molar-refractivity contribution is -0.140. The molecule has 0 saturated heterocycles. The van der Waals surface area contributed by atoms with Gasteiger partial charge in [0.2, 0.25) is 0 Å². The smallest absolute Gasteiger partial charge is 0.339 e. The van der Waals surface area contributed by atoms with Crippen LogP contribution in [0.1, 0.15) is 21.7 Å². The quantitative estimate of drug-likeness (QED) is 0.710. The molecule has 1 amide bonds. The summed E-state index contributed by atoms with van der Waals surface area (Å²) in [5, 5.41) is 1.80. The summed E-state index contributed by atoms with van der Waals surface area (Å²) in [6.07, 6.45) is -0.544. The Morgan fingerprint density at radius 2 is 2.15 bits per heavy atom. The first-order chi connectivity index (χ1) is 12.5. The molecule has 8 heteroatoms. The molecule has 1 atom stereocenters. The number of fused-ring (bicyclic) bond motifs is 2. The average Bonchev–Trinajstić information content (AvgIpc) is 3.10. The van der Waals surface area contributed by atoms with Gasteiger partial charge in [0.05, 0.1) is 17.6 Å². The molecule has 1 aromatic carbocycles. The lowest BCUT2D eigenvalue weighted by Crippen LogP contribution is -2.42. The van der Waals surface area contributed by atoms with E-state index in [0.717, 1.165) is 5.56 Å². The lowest BCUT2D eigenvalue weighted by Gasteiger charge is -2.27. The number of nitrogens with one attached hydrogen (secondary N) is 1. The summed E-state index contributed by atoms with van der Waals surface area (Å²) in [4.78, 5) is 45.3. The zero-order valence-corrected chi connectivity index (χ0v) is 14.7. The number of cyclic esters (lactones) is 1. The fourth-order valence-corrected chi connectivity index (χ4v) is 3.74. The maximum atomic E-state index is 12.7. The molecule has 1 aliphatic rings. The van der Waals surface area contributed by atoms with Gasteiger partial charge in [-0.2, -0.15) is 0 Å². The van der Waals surface area contributed by atoms with Crippen LogP contribution in [0.15, 0.2) is 40.5 Å². The highest BCUT2D eigenvalue weighted by Gasteiger charge is 2.33. The number of carbonyl (C=O) groups is 2. The highest BCUT2D eigenvalue weighted by Crippen LogP contribution is 2.22. The molecule has 4 rings (SSSR count). The van der Waals surface area contributed by atoms with Crippen LogP contribution in [0, 0.1) is 0 Å². The van der Waals surface area contributed by atoms with Gasteiger partial charge in [-0.3, -0.25) is 9.59 Å². The maximum absolute atomic E-state index is 12.7. The number of likely N-dealkylation sites (N-methyl/N-ethyl adjacent to an activating group) is 1. The Morgan fingerprint density at radius 1 is 1.35 bits per heavy atom. The van der Waals surface area contributed by atoms with Crippen molar-refractivity contribution in [1.82, 2.24) is 14.9 Å². The van der Waals surface area contributed by atoms with Crippen molar-refractivity contribution in [3.63, 3.8) is 0 Å². The number of H-pyrrole nitrogens is 1. The van der Waals surface area contributed by atoms with E-state index in [-0.39, 0.29) is 18.0 Å². The van der Waals surface area contributed by atoms with Gasteiger partial charge in [-0.05, 0) is 23.1 Å². The zero-order valence-electron chi connectivity index (χ0n) is 13.9. The van der Waals surface area contributed by atoms with Crippen LogP contribution in [0.4, 0.5) is 0 Å². The predicted molar refractivity (Wildman–Crippen MR) is 96.1 cm³/mol. The Labute approximate surface area is 152 Å². The van der Waals surface area contributed by atoms with E-state index < -0.39 is 12.1 Å². The molecule has 0 bridgehead atoms. The molecule has 2 aromatic heterocycles. The second-order valence-electron chi connectivity index (χ2n) is 6.10. The van der Waals surface area contributed by atoms with E-state index in [4.69, 9.17) is 4.74 Å². The Hall–Kier alpha value is -3.00. The van der Waals surface area contributed by atoms with Gasteiger partial charge >= 0.3 is 5.97 Å². The zero-order chi connectivity index (χ0) is 18.3. The first-order valence-electron chi connectivity index (χ1n) is 8.03. The number of nitrogens with zero attached hydrogens (tertiary/aromatic N) is 2. The Balaban J connectivity index is 1.53. The molecule has 1 unspecified atom stereocenters. The van der Waals surface area contributed by atoms with Crippen LogP contribution in [-0.2, 0) is 22.5 Å². The van der Waals surface area contributed by atoms with Gasteiger partial charge in [-0.1, -0.05) is 18.2 Å². The minimum Gasteiger partial charge on any atom is -0.448 e. The number of benzene rings is 1. The molecule has 0 saturated carbocycles. The van der Waals surface area contributed by atoms with Gasteiger partial charge in [-0.25, -0.2) is 9.78 Å². The number of thiophene rings is 1. The number of aromatic nitrogens is 2. The Bertz CT molecular complexity index is 1070. The summed E-state index contributed by atoms with van der Waals surface area (Å²) in [6, 6.07) is 8.86. The van der Waals surface area contributed by atoms with Crippen molar-refractivity contribution in [2.75, 3.05) is 7.05 Å². The highest BCUT2D eigenvalue weighted by molar-refractivity contribution is 7.17. The molecule has 7 nitrogen and oxygen atoms in total. The van der Waals surface area contributed by atoms with Crippen molar-refractivity contribution in [2.24, 2.45) is 0 Å².